The number of carboxylic acids is 1. The van der Waals surface area contributed by atoms with E-state index in [1.807, 2.05) is 11.8 Å². The fourth-order valence-electron chi connectivity index (χ4n) is 3.41. The normalized spacial score (nSPS) is 32.5. The number of nitrogens with zero attached hydrogens (tertiary/aromatic N) is 1. The van der Waals surface area contributed by atoms with Crippen molar-refractivity contribution in [1.29, 1.82) is 0 Å². The SMILES string of the molecule is CC1(C(=O)N2CCC(CC(=O)O)CC2)CCCC1N. The van der Waals surface area contributed by atoms with Crippen molar-refractivity contribution in [1.82, 2.24) is 4.90 Å². The molecule has 0 aromatic carbocycles. The maximum Gasteiger partial charge on any atom is 0.303 e. The van der Waals surface area contributed by atoms with Gasteiger partial charge in [0.15, 0.2) is 0 Å². The van der Waals surface area contributed by atoms with Crippen molar-refractivity contribution >= 4 is 11.9 Å². The van der Waals surface area contributed by atoms with Gasteiger partial charge in [-0.15, -0.1) is 0 Å². The Morgan fingerprint density at radius 2 is 1.95 bits per heavy atom. The number of aliphatic carboxylic acids is 1. The van der Waals surface area contributed by atoms with Crippen molar-refractivity contribution in [3.05, 3.63) is 0 Å². The standard InChI is InChI=1S/C14H24N2O3/c1-14(6-2-3-11(14)15)13(19)16-7-4-10(5-8-16)9-12(17)18/h10-11H,2-9,15H2,1H3,(H,17,18). The first kappa shape index (κ1) is 14.3. The van der Waals surface area contributed by atoms with E-state index in [1.54, 1.807) is 0 Å². The van der Waals surface area contributed by atoms with Crippen LogP contribution in [0.15, 0.2) is 0 Å². The Morgan fingerprint density at radius 3 is 2.42 bits per heavy atom. The van der Waals surface area contributed by atoms with E-state index in [-0.39, 0.29) is 24.3 Å². The molecule has 0 aromatic rings. The molecule has 2 rings (SSSR count). The predicted molar refractivity (Wildman–Crippen MR) is 71.5 cm³/mol. The van der Waals surface area contributed by atoms with Gasteiger partial charge in [0.25, 0.3) is 0 Å². The molecule has 1 amide bonds. The molecule has 1 aliphatic carbocycles. The fraction of sp³-hybridized carbons (Fsp3) is 0.857. The molecule has 3 N–H and O–H groups in total. The first-order valence-corrected chi connectivity index (χ1v) is 7.20. The molecule has 2 unspecified atom stereocenters. The van der Waals surface area contributed by atoms with Crippen molar-refractivity contribution < 1.29 is 14.7 Å². The van der Waals surface area contributed by atoms with Crippen LogP contribution in [0.1, 0.15) is 45.4 Å². The summed E-state index contributed by atoms with van der Waals surface area (Å²) in [6.07, 6.45) is 4.64. The lowest BCUT2D eigenvalue weighted by molar-refractivity contribution is -0.143. The number of carbonyl (C=O) groups is 2. The number of rotatable bonds is 3. The van der Waals surface area contributed by atoms with E-state index < -0.39 is 11.4 Å². The summed E-state index contributed by atoms with van der Waals surface area (Å²) in [5.41, 5.74) is 5.69. The van der Waals surface area contributed by atoms with E-state index in [4.69, 9.17) is 10.8 Å². The van der Waals surface area contributed by atoms with E-state index in [1.165, 1.54) is 0 Å². The maximum atomic E-state index is 12.6. The lowest BCUT2D eigenvalue weighted by Gasteiger charge is -2.38. The smallest absolute Gasteiger partial charge is 0.303 e. The molecule has 5 heteroatoms. The van der Waals surface area contributed by atoms with Crippen molar-refractivity contribution in [2.45, 2.75) is 51.5 Å². The Hall–Kier alpha value is -1.10. The van der Waals surface area contributed by atoms with E-state index >= 15 is 0 Å². The Morgan fingerprint density at radius 1 is 1.32 bits per heavy atom. The molecule has 2 fully saturated rings. The van der Waals surface area contributed by atoms with Crippen LogP contribution in [-0.2, 0) is 9.59 Å². The number of piperidine rings is 1. The molecule has 0 radical (unpaired) electrons. The number of hydrogen-bond acceptors (Lipinski definition) is 3. The quantitative estimate of drug-likeness (QED) is 0.806. The third-order valence-electron chi connectivity index (χ3n) is 4.88. The van der Waals surface area contributed by atoms with Gasteiger partial charge in [-0.2, -0.15) is 0 Å². The van der Waals surface area contributed by atoms with Crippen LogP contribution in [0.4, 0.5) is 0 Å². The summed E-state index contributed by atoms with van der Waals surface area (Å²) in [5.74, 6) is -0.354. The zero-order chi connectivity index (χ0) is 14.0. The number of likely N-dealkylation sites (tertiary alicyclic amines) is 1. The summed E-state index contributed by atoms with van der Waals surface area (Å²) < 4.78 is 0. The molecule has 0 aromatic heterocycles. The molecule has 108 valence electrons. The van der Waals surface area contributed by atoms with Crippen LogP contribution in [0.3, 0.4) is 0 Å². The fourth-order valence-corrected chi connectivity index (χ4v) is 3.41. The second-order valence-corrected chi connectivity index (χ2v) is 6.25. The van der Waals surface area contributed by atoms with E-state index in [9.17, 15) is 9.59 Å². The van der Waals surface area contributed by atoms with Crippen LogP contribution < -0.4 is 5.73 Å². The Labute approximate surface area is 114 Å². The molecule has 19 heavy (non-hydrogen) atoms. The van der Waals surface area contributed by atoms with E-state index in [0.29, 0.717) is 13.1 Å². The summed E-state index contributed by atoms with van der Waals surface area (Å²) in [6.45, 7) is 3.34. The predicted octanol–water partition coefficient (Wildman–Crippen LogP) is 1.22. The number of amides is 1. The Balaban J connectivity index is 1.91. The number of carboxylic acid groups (broad SMARTS) is 1. The van der Waals surface area contributed by atoms with Crippen LogP contribution in [0.25, 0.3) is 0 Å². The number of carbonyl (C=O) groups excluding carboxylic acids is 1. The maximum absolute atomic E-state index is 12.6. The summed E-state index contributed by atoms with van der Waals surface area (Å²) in [7, 11) is 0. The summed E-state index contributed by atoms with van der Waals surface area (Å²) in [4.78, 5) is 25.2. The van der Waals surface area contributed by atoms with Crippen molar-refractivity contribution in [3.8, 4) is 0 Å². The number of hydrogen-bond donors (Lipinski definition) is 2. The molecular formula is C14H24N2O3. The third kappa shape index (κ3) is 2.91. The largest absolute Gasteiger partial charge is 0.481 e. The van der Waals surface area contributed by atoms with Gasteiger partial charge in [0.05, 0.1) is 5.41 Å². The highest BCUT2D eigenvalue weighted by Gasteiger charge is 2.45. The van der Waals surface area contributed by atoms with Crippen molar-refractivity contribution in [2.75, 3.05) is 13.1 Å². The van der Waals surface area contributed by atoms with Crippen molar-refractivity contribution in [3.63, 3.8) is 0 Å². The zero-order valence-corrected chi connectivity index (χ0v) is 11.6. The molecule has 0 bridgehead atoms. The van der Waals surface area contributed by atoms with Gasteiger partial charge < -0.3 is 15.7 Å². The summed E-state index contributed by atoms with van der Waals surface area (Å²) in [6, 6.07) is -0.0308. The number of nitrogens with two attached hydrogens (primary N) is 1. The van der Waals surface area contributed by atoms with Crippen LogP contribution in [-0.4, -0.2) is 41.0 Å². The summed E-state index contributed by atoms with van der Waals surface area (Å²) in [5, 5.41) is 8.79. The second-order valence-electron chi connectivity index (χ2n) is 6.25. The third-order valence-corrected chi connectivity index (χ3v) is 4.88. The highest BCUT2D eigenvalue weighted by atomic mass is 16.4. The molecule has 1 aliphatic heterocycles. The van der Waals surface area contributed by atoms with E-state index in [2.05, 4.69) is 0 Å². The van der Waals surface area contributed by atoms with Gasteiger partial charge in [-0.1, -0.05) is 6.42 Å². The average molecular weight is 268 g/mol. The van der Waals surface area contributed by atoms with Gasteiger partial charge in [-0.25, -0.2) is 0 Å². The van der Waals surface area contributed by atoms with Crippen LogP contribution in [0, 0.1) is 11.3 Å². The molecule has 0 spiro atoms. The molecule has 2 atom stereocenters. The van der Waals surface area contributed by atoms with Crippen LogP contribution in [0.2, 0.25) is 0 Å². The lowest BCUT2D eigenvalue weighted by Crippen LogP contribution is -2.51. The van der Waals surface area contributed by atoms with E-state index in [0.717, 1.165) is 32.1 Å². The minimum atomic E-state index is -0.741. The topological polar surface area (TPSA) is 83.6 Å². The van der Waals surface area contributed by atoms with Gasteiger partial charge in [-0.05, 0) is 38.5 Å². The molecule has 1 saturated carbocycles. The van der Waals surface area contributed by atoms with Crippen LogP contribution >= 0.6 is 0 Å². The minimum absolute atomic E-state index is 0.0308. The first-order valence-electron chi connectivity index (χ1n) is 7.20. The molecular weight excluding hydrogens is 244 g/mol. The highest BCUT2D eigenvalue weighted by Crippen LogP contribution is 2.39. The monoisotopic (exact) mass is 268 g/mol. The molecule has 5 nitrogen and oxygen atoms in total. The van der Waals surface area contributed by atoms with Gasteiger partial charge in [-0.3, -0.25) is 9.59 Å². The van der Waals surface area contributed by atoms with Crippen LogP contribution in [0.5, 0.6) is 0 Å². The highest BCUT2D eigenvalue weighted by molar-refractivity contribution is 5.83. The van der Waals surface area contributed by atoms with Crippen molar-refractivity contribution in [2.24, 2.45) is 17.1 Å². The molecule has 1 heterocycles. The Kier molecular flexibility index (Phi) is 4.13. The average Bonchev–Trinajstić information content (AvgIpc) is 2.70. The molecule has 1 saturated heterocycles. The minimum Gasteiger partial charge on any atom is -0.481 e. The van der Waals surface area contributed by atoms with Gasteiger partial charge in [0.2, 0.25) is 5.91 Å². The Bertz CT molecular complexity index is 364. The van der Waals surface area contributed by atoms with Gasteiger partial charge in [0.1, 0.15) is 0 Å². The van der Waals surface area contributed by atoms with Gasteiger partial charge >= 0.3 is 5.97 Å². The summed E-state index contributed by atoms with van der Waals surface area (Å²) >= 11 is 0. The van der Waals surface area contributed by atoms with Gasteiger partial charge in [0, 0.05) is 25.6 Å². The molecule has 2 aliphatic rings. The zero-order valence-electron chi connectivity index (χ0n) is 11.6. The second kappa shape index (κ2) is 5.49. The lowest BCUT2D eigenvalue weighted by atomic mass is 9.82. The first-order chi connectivity index (χ1) is 8.93.